The third-order valence-corrected chi connectivity index (χ3v) is 3.98. The van der Waals surface area contributed by atoms with E-state index in [-0.39, 0.29) is 23.3 Å². The van der Waals surface area contributed by atoms with Crippen LogP contribution in [0.4, 0.5) is 0 Å². The van der Waals surface area contributed by atoms with Crippen LogP contribution in [-0.4, -0.2) is 40.9 Å². The number of rotatable bonds is 4. The van der Waals surface area contributed by atoms with Crippen molar-refractivity contribution in [3.63, 3.8) is 0 Å². The minimum Gasteiger partial charge on any atom is -0.508 e. The zero-order valence-electron chi connectivity index (χ0n) is 12.9. The molecule has 0 saturated heterocycles. The van der Waals surface area contributed by atoms with E-state index in [1.54, 1.807) is 36.4 Å². The maximum absolute atomic E-state index is 12.6. The van der Waals surface area contributed by atoms with E-state index in [0.717, 1.165) is 4.90 Å². The number of benzene rings is 2. The number of amides is 2. The molecule has 1 heterocycles. The third kappa shape index (κ3) is 2.62. The van der Waals surface area contributed by atoms with Gasteiger partial charge in [-0.2, -0.15) is 0 Å². The fourth-order valence-corrected chi connectivity index (χ4v) is 2.76. The molecule has 1 aliphatic rings. The molecule has 0 aromatic heterocycles. The van der Waals surface area contributed by atoms with E-state index in [1.807, 2.05) is 0 Å². The van der Waals surface area contributed by atoms with Crippen LogP contribution in [0.3, 0.4) is 0 Å². The Morgan fingerprint density at radius 3 is 2.08 bits per heavy atom. The molecule has 0 fully saturated rings. The molecule has 6 heteroatoms. The van der Waals surface area contributed by atoms with Crippen LogP contribution in [0.2, 0.25) is 0 Å². The Morgan fingerprint density at radius 1 is 1.04 bits per heavy atom. The third-order valence-electron chi connectivity index (χ3n) is 3.98. The molecule has 2 aromatic rings. The molecule has 1 N–H and O–H groups in total. The summed E-state index contributed by atoms with van der Waals surface area (Å²) in [5.74, 6) is -1.60. The normalized spacial score (nSPS) is 14.5. The van der Waals surface area contributed by atoms with Crippen LogP contribution in [0.1, 0.15) is 26.3 Å². The second kappa shape index (κ2) is 6.16. The van der Waals surface area contributed by atoms with E-state index in [0.29, 0.717) is 5.56 Å². The highest BCUT2D eigenvalue weighted by molar-refractivity contribution is 6.22. The van der Waals surface area contributed by atoms with Crippen LogP contribution in [0, 0.1) is 0 Å². The summed E-state index contributed by atoms with van der Waals surface area (Å²) in [7, 11) is 1.21. The van der Waals surface area contributed by atoms with Crippen molar-refractivity contribution in [1.82, 2.24) is 4.90 Å². The lowest BCUT2D eigenvalue weighted by molar-refractivity contribution is -0.145. The molecule has 0 unspecified atom stereocenters. The van der Waals surface area contributed by atoms with Crippen molar-refractivity contribution in [2.24, 2.45) is 0 Å². The van der Waals surface area contributed by atoms with Crippen molar-refractivity contribution < 1.29 is 24.2 Å². The molecule has 3 rings (SSSR count). The van der Waals surface area contributed by atoms with Crippen molar-refractivity contribution >= 4 is 17.8 Å². The number of ether oxygens (including phenoxy) is 1. The average Bonchev–Trinajstić information content (AvgIpc) is 2.85. The number of carbonyl (C=O) groups excluding carboxylic acids is 3. The molecular formula is C18H15NO5. The highest BCUT2D eigenvalue weighted by atomic mass is 16.5. The second-order valence-corrected chi connectivity index (χ2v) is 5.44. The van der Waals surface area contributed by atoms with E-state index >= 15 is 0 Å². The molecule has 0 aliphatic carbocycles. The Bertz CT molecular complexity index is 777. The molecule has 0 radical (unpaired) electrons. The predicted octanol–water partition coefficient (Wildman–Crippen LogP) is 1.77. The molecule has 6 nitrogen and oxygen atoms in total. The van der Waals surface area contributed by atoms with Crippen LogP contribution in [-0.2, 0) is 16.0 Å². The fourth-order valence-electron chi connectivity index (χ4n) is 2.76. The Labute approximate surface area is 138 Å². The van der Waals surface area contributed by atoms with Crippen molar-refractivity contribution in [3.05, 3.63) is 65.2 Å². The van der Waals surface area contributed by atoms with E-state index in [1.165, 1.54) is 19.2 Å². The van der Waals surface area contributed by atoms with E-state index in [2.05, 4.69) is 0 Å². The Morgan fingerprint density at radius 2 is 1.58 bits per heavy atom. The van der Waals surface area contributed by atoms with Gasteiger partial charge in [0.15, 0.2) is 0 Å². The Hall–Kier alpha value is -3.15. The maximum atomic E-state index is 12.6. The quantitative estimate of drug-likeness (QED) is 0.684. The molecule has 2 amide bonds. The van der Waals surface area contributed by atoms with Gasteiger partial charge in [-0.15, -0.1) is 0 Å². The molecular weight excluding hydrogens is 310 g/mol. The average molecular weight is 325 g/mol. The maximum Gasteiger partial charge on any atom is 0.329 e. The first-order valence-electron chi connectivity index (χ1n) is 7.35. The van der Waals surface area contributed by atoms with Crippen molar-refractivity contribution in [2.75, 3.05) is 7.11 Å². The summed E-state index contributed by atoms with van der Waals surface area (Å²) in [5, 5.41) is 9.35. The van der Waals surface area contributed by atoms with Crippen molar-refractivity contribution in [1.29, 1.82) is 0 Å². The first kappa shape index (κ1) is 15.7. The number of nitrogens with zero attached hydrogens (tertiary/aromatic N) is 1. The number of aromatic hydroxyl groups is 1. The summed E-state index contributed by atoms with van der Waals surface area (Å²) in [6.07, 6.45) is 0.110. The smallest absolute Gasteiger partial charge is 0.329 e. The monoisotopic (exact) mass is 325 g/mol. The molecule has 24 heavy (non-hydrogen) atoms. The number of hydrogen-bond donors (Lipinski definition) is 1. The van der Waals surface area contributed by atoms with Gasteiger partial charge in [0.05, 0.1) is 18.2 Å². The standard InChI is InChI=1S/C18H15NO5/c1-24-18(23)15(10-11-6-8-12(20)9-7-11)19-16(21)13-4-2-3-5-14(13)17(19)22/h2-9,15,20H,10H2,1H3/t15-/m0/s1. The number of hydrogen-bond acceptors (Lipinski definition) is 5. The molecule has 1 atom stereocenters. The molecule has 0 spiro atoms. The van der Waals surface area contributed by atoms with Gasteiger partial charge in [-0.25, -0.2) is 4.79 Å². The zero-order chi connectivity index (χ0) is 17.3. The highest BCUT2D eigenvalue weighted by Crippen LogP contribution is 2.26. The summed E-state index contributed by atoms with van der Waals surface area (Å²) < 4.78 is 4.78. The van der Waals surface area contributed by atoms with Gasteiger partial charge in [-0.1, -0.05) is 24.3 Å². The van der Waals surface area contributed by atoms with Gasteiger partial charge in [0, 0.05) is 6.42 Å². The number of fused-ring (bicyclic) bond motifs is 1. The zero-order valence-corrected chi connectivity index (χ0v) is 12.9. The van der Waals surface area contributed by atoms with E-state index in [4.69, 9.17) is 4.74 Å². The molecule has 122 valence electrons. The first-order chi connectivity index (χ1) is 11.5. The molecule has 2 aromatic carbocycles. The largest absolute Gasteiger partial charge is 0.508 e. The summed E-state index contributed by atoms with van der Waals surface area (Å²) in [4.78, 5) is 38.3. The predicted molar refractivity (Wildman–Crippen MR) is 84.6 cm³/mol. The van der Waals surface area contributed by atoms with Crippen LogP contribution < -0.4 is 0 Å². The van der Waals surface area contributed by atoms with Crippen LogP contribution in [0.25, 0.3) is 0 Å². The summed E-state index contributed by atoms with van der Waals surface area (Å²) in [5.41, 5.74) is 1.25. The van der Waals surface area contributed by atoms with Gasteiger partial charge in [0.2, 0.25) is 0 Å². The lowest BCUT2D eigenvalue weighted by Crippen LogP contribution is -2.46. The summed E-state index contributed by atoms with van der Waals surface area (Å²) >= 11 is 0. The topological polar surface area (TPSA) is 83.9 Å². The van der Waals surface area contributed by atoms with Crippen molar-refractivity contribution in [2.45, 2.75) is 12.5 Å². The first-order valence-corrected chi connectivity index (χ1v) is 7.35. The van der Waals surface area contributed by atoms with Gasteiger partial charge in [0.1, 0.15) is 11.8 Å². The van der Waals surface area contributed by atoms with E-state index < -0.39 is 23.8 Å². The number of phenols is 1. The second-order valence-electron chi connectivity index (χ2n) is 5.44. The van der Waals surface area contributed by atoms with Gasteiger partial charge in [-0.05, 0) is 29.8 Å². The minimum absolute atomic E-state index is 0.0918. The fraction of sp³-hybridized carbons (Fsp3) is 0.167. The SMILES string of the molecule is COC(=O)[C@H](Cc1ccc(O)cc1)N1C(=O)c2ccccc2C1=O. The summed E-state index contributed by atoms with van der Waals surface area (Å²) in [6.45, 7) is 0. The Kier molecular flexibility index (Phi) is 4.04. The lowest BCUT2D eigenvalue weighted by atomic mass is 10.0. The highest BCUT2D eigenvalue weighted by Gasteiger charge is 2.43. The van der Waals surface area contributed by atoms with Crippen LogP contribution in [0.5, 0.6) is 5.75 Å². The molecule has 1 aliphatic heterocycles. The number of phenolic OH excluding ortho intramolecular Hbond substituents is 1. The molecule has 0 bridgehead atoms. The summed E-state index contributed by atoms with van der Waals surface area (Å²) in [6, 6.07) is 11.6. The van der Waals surface area contributed by atoms with Crippen LogP contribution >= 0.6 is 0 Å². The number of imide groups is 1. The van der Waals surface area contributed by atoms with Crippen LogP contribution in [0.15, 0.2) is 48.5 Å². The lowest BCUT2D eigenvalue weighted by Gasteiger charge is -2.24. The number of esters is 1. The van der Waals surface area contributed by atoms with Gasteiger partial charge in [-0.3, -0.25) is 14.5 Å². The van der Waals surface area contributed by atoms with Gasteiger partial charge < -0.3 is 9.84 Å². The Balaban J connectivity index is 1.95. The number of methoxy groups -OCH3 is 1. The van der Waals surface area contributed by atoms with Gasteiger partial charge >= 0.3 is 5.97 Å². The van der Waals surface area contributed by atoms with Gasteiger partial charge in [0.25, 0.3) is 11.8 Å². The van der Waals surface area contributed by atoms with E-state index in [9.17, 15) is 19.5 Å². The number of carbonyl (C=O) groups is 3. The minimum atomic E-state index is -1.06. The molecule has 0 saturated carbocycles. The van der Waals surface area contributed by atoms with Crippen molar-refractivity contribution in [3.8, 4) is 5.75 Å².